The van der Waals surface area contributed by atoms with Crippen molar-refractivity contribution in [3.63, 3.8) is 0 Å². The summed E-state index contributed by atoms with van der Waals surface area (Å²) in [4.78, 5) is 21.3. The Bertz CT molecular complexity index is 488. The topological polar surface area (TPSA) is 69.4 Å². The molecule has 0 aromatic heterocycles. The van der Waals surface area contributed by atoms with Gasteiger partial charge in [-0.3, -0.25) is 14.9 Å². The Hall–Kier alpha value is -2.05. The van der Waals surface area contributed by atoms with Crippen LogP contribution in [0.5, 0.6) is 5.75 Å². The van der Waals surface area contributed by atoms with Crippen LogP contribution in [-0.2, 0) is 6.42 Å². The van der Waals surface area contributed by atoms with E-state index in [9.17, 15) is 23.7 Å². The molecule has 0 saturated carbocycles. The molecule has 0 spiro atoms. The lowest BCUT2D eigenvalue weighted by Crippen LogP contribution is -2.09. The van der Waals surface area contributed by atoms with E-state index in [4.69, 9.17) is 0 Å². The Kier molecular flexibility index (Phi) is 4.30. The standard InChI is InChI=1S/C11H11F2NO4/c1-3-7-4-8(14(16)17)5-9(6(2)15)10(7)18-11(12)13/h4-5,11H,3H2,1-2H3. The lowest BCUT2D eigenvalue weighted by molar-refractivity contribution is -0.385. The van der Waals surface area contributed by atoms with Gasteiger partial charge in [0.15, 0.2) is 5.78 Å². The number of aryl methyl sites for hydroxylation is 1. The molecule has 18 heavy (non-hydrogen) atoms. The predicted molar refractivity (Wildman–Crippen MR) is 59.1 cm³/mol. The largest absolute Gasteiger partial charge is 0.434 e. The lowest BCUT2D eigenvalue weighted by Gasteiger charge is -2.12. The highest BCUT2D eigenvalue weighted by Crippen LogP contribution is 2.31. The van der Waals surface area contributed by atoms with Gasteiger partial charge in [-0.1, -0.05) is 6.92 Å². The zero-order valence-electron chi connectivity index (χ0n) is 9.78. The molecule has 0 heterocycles. The monoisotopic (exact) mass is 259 g/mol. The van der Waals surface area contributed by atoms with Crippen molar-refractivity contribution >= 4 is 11.5 Å². The van der Waals surface area contributed by atoms with Gasteiger partial charge in [0.25, 0.3) is 5.69 Å². The molecule has 0 N–H and O–H groups in total. The van der Waals surface area contributed by atoms with Crippen molar-refractivity contribution in [2.75, 3.05) is 0 Å². The second-order valence-corrected chi connectivity index (χ2v) is 3.53. The van der Waals surface area contributed by atoms with Crippen LogP contribution in [0.15, 0.2) is 12.1 Å². The summed E-state index contributed by atoms with van der Waals surface area (Å²) < 4.78 is 28.8. The summed E-state index contributed by atoms with van der Waals surface area (Å²) in [6.07, 6.45) is 0.240. The summed E-state index contributed by atoms with van der Waals surface area (Å²) in [6, 6.07) is 2.07. The first-order valence-corrected chi connectivity index (χ1v) is 5.13. The quantitative estimate of drug-likeness (QED) is 0.463. The number of hydrogen-bond donors (Lipinski definition) is 0. The van der Waals surface area contributed by atoms with Gasteiger partial charge < -0.3 is 4.74 Å². The number of halogens is 2. The molecule has 1 aromatic rings. The maximum atomic E-state index is 12.3. The zero-order chi connectivity index (χ0) is 13.9. The summed E-state index contributed by atoms with van der Waals surface area (Å²) in [5.41, 5.74) is -0.324. The third kappa shape index (κ3) is 2.99. The van der Waals surface area contributed by atoms with Crippen LogP contribution < -0.4 is 4.74 Å². The van der Waals surface area contributed by atoms with Crippen molar-refractivity contribution in [3.05, 3.63) is 33.4 Å². The average molecular weight is 259 g/mol. The highest BCUT2D eigenvalue weighted by atomic mass is 19.3. The highest BCUT2D eigenvalue weighted by Gasteiger charge is 2.21. The average Bonchev–Trinajstić information content (AvgIpc) is 2.27. The third-order valence-electron chi connectivity index (χ3n) is 2.33. The fraction of sp³-hybridized carbons (Fsp3) is 0.364. The first-order chi connectivity index (χ1) is 8.36. The molecule has 0 bridgehead atoms. The van der Waals surface area contributed by atoms with Gasteiger partial charge in [0.1, 0.15) is 5.75 Å². The number of carbonyl (C=O) groups is 1. The number of carbonyl (C=O) groups excluding carboxylic acids is 1. The zero-order valence-corrected chi connectivity index (χ0v) is 9.78. The molecule has 0 aliphatic heterocycles. The number of hydrogen-bond acceptors (Lipinski definition) is 4. The molecule has 0 atom stereocenters. The third-order valence-corrected chi connectivity index (χ3v) is 2.33. The number of ketones is 1. The Morgan fingerprint density at radius 1 is 1.50 bits per heavy atom. The van der Waals surface area contributed by atoms with Gasteiger partial charge in [-0.15, -0.1) is 0 Å². The van der Waals surface area contributed by atoms with Gasteiger partial charge in [0.05, 0.1) is 10.5 Å². The molecule has 1 aromatic carbocycles. The Morgan fingerprint density at radius 2 is 2.11 bits per heavy atom. The smallest absolute Gasteiger partial charge is 0.387 e. The minimum Gasteiger partial charge on any atom is -0.434 e. The Morgan fingerprint density at radius 3 is 2.50 bits per heavy atom. The maximum Gasteiger partial charge on any atom is 0.387 e. The van der Waals surface area contributed by atoms with E-state index in [1.165, 1.54) is 0 Å². The van der Waals surface area contributed by atoms with Crippen molar-refractivity contribution in [3.8, 4) is 5.75 Å². The van der Waals surface area contributed by atoms with Gasteiger partial charge in [0, 0.05) is 17.7 Å². The molecule has 0 saturated heterocycles. The number of non-ortho nitro benzene ring substituents is 1. The fourth-order valence-electron chi connectivity index (χ4n) is 1.53. The SMILES string of the molecule is CCc1cc([N+](=O)[O-])cc(C(C)=O)c1OC(F)F. The molecular weight excluding hydrogens is 248 g/mol. The first-order valence-electron chi connectivity index (χ1n) is 5.13. The molecular formula is C11H11F2NO4. The minimum absolute atomic E-state index is 0.203. The summed E-state index contributed by atoms with van der Waals surface area (Å²) in [5.74, 6) is -0.852. The molecule has 5 nitrogen and oxygen atoms in total. The van der Waals surface area contributed by atoms with Crippen LogP contribution in [0.2, 0.25) is 0 Å². The van der Waals surface area contributed by atoms with Gasteiger partial charge in [0.2, 0.25) is 0 Å². The molecule has 0 radical (unpaired) electrons. The van der Waals surface area contributed by atoms with Gasteiger partial charge in [-0.2, -0.15) is 8.78 Å². The van der Waals surface area contributed by atoms with E-state index in [0.29, 0.717) is 0 Å². The lowest BCUT2D eigenvalue weighted by atomic mass is 10.0. The number of ether oxygens (including phenoxy) is 1. The van der Waals surface area contributed by atoms with Crippen LogP contribution in [0.4, 0.5) is 14.5 Å². The normalized spacial score (nSPS) is 10.5. The van der Waals surface area contributed by atoms with Crippen LogP contribution in [0.25, 0.3) is 0 Å². The second kappa shape index (κ2) is 5.52. The molecule has 7 heteroatoms. The van der Waals surface area contributed by atoms with Crippen molar-refractivity contribution in [2.45, 2.75) is 26.9 Å². The second-order valence-electron chi connectivity index (χ2n) is 3.53. The van der Waals surface area contributed by atoms with Crippen LogP contribution in [0, 0.1) is 10.1 Å². The molecule has 0 aliphatic rings. The summed E-state index contributed by atoms with van der Waals surface area (Å²) in [6.45, 7) is -0.326. The molecule has 0 aliphatic carbocycles. The summed E-state index contributed by atoms with van der Waals surface area (Å²) >= 11 is 0. The predicted octanol–water partition coefficient (Wildman–Crippen LogP) is 2.96. The number of alkyl halides is 2. The highest BCUT2D eigenvalue weighted by molar-refractivity contribution is 5.98. The number of Topliss-reactive ketones (excluding diaryl/α,β-unsaturated/α-hetero) is 1. The number of rotatable bonds is 5. The van der Waals surface area contributed by atoms with E-state index in [2.05, 4.69) is 4.74 Å². The van der Waals surface area contributed by atoms with Crippen molar-refractivity contribution < 1.29 is 23.2 Å². The van der Waals surface area contributed by atoms with E-state index >= 15 is 0 Å². The summed E-state index contributed by atoms with van der Waals surface area (Å²) in [5, 5.41) is 10.7. The molecule has 0 unspecified atom stereocenters. The van der Waals surface area contributed by atoms with E-state index in [-0.39, 0.29) is 29.0 Å². The number of benzene rings is 1. The van der Waals surface area contributed by atoms with Crippen molar-refractivity contribution in [1.29, 1.82) is 0 Å². The van der Waals surface area contributed by atoms with Crippen LogP contribution in [0.1, 0.15) is 29.8 Å². The van der Waals surface area contributed by atoms with E-state index in [1.54, 1.807) is 6.92 Å². The molecule has 1 rings (SSSR count). The van der Waals surface area contributed by atoms with Crippen molar-refractivity contribution in [2.24, 2.45) is 0 Å². The first kappa shape index (κ1) is 14.0. The number of nitro benzene ring substituents is 1. The Labute approximate surface area is 102 Å². The van der Waals surface area contributed by atoms with Crippen LogP contribution in [-0.4, -0.2) is 17.3 Å². The number of nitrogens with zero attached hydrogens (tertiary/aromatic N) is 1. The molecule has 0 fully saturated rings. The van der Waals surface area contributed by atoms with E-state index in [1.807, 2.05) is 0 Å². The van der Waals surface area contributed by atoms with E-state index < -0.39 is 17.3 Å². The van der Waals surface area contributed by atoms with Crippen LogP contribution >= 0.6 is 0 Å². The summed E-state index contributed by atoms with van der Waals surface area (Å²) in [7, 11) is 0. The molecule has 98 valence electrons. The fourth-order valence-corrected chi connectivity index (χ4v) is 1.53. The van der Waals surface area contributed by atoms with Gasteiger partial charge in [-0.05, 0) is 13.3 Å². The minimum atomic E-state index is -3.09. The van der Waals surface area contributed by atoms with E-state index in [0.717, 1.165) is 19.1 Å². The number of nitro groups is 1. The van der Waals surface area contributed by atoms with Gasteiger partial charge in [-0.25, -0.2) is 0 Å². The maximum absolute atomic E-state index is 12.3. The van der Waals surface area contributed by atoms with Crippen LogP contribution in [0.3, 0.4) is 0 Å². The van der Waals surface area contributed by atoms with Crippen molar-refractivity contribution in [1.82, 2.24) is 0 Å². The van der Waals surface area contributed by atoms with Gasteiger partial charge >= 0.3 is 6.61 Å². The Balaban J connectivity index is 3.45. The molecule has 0 amide bonds.